The van der Waals surface area contributed by atoms with Crippen LogP contribution in [0.1, 0.15) is 44.6 Å². The highest BCUT2D eigenvalue weighted by atomic mass is 32.2. The van der Waals surface area contributed by atoms with Crippen LogP contribution in [0.25, 0.3) is 5.69 Å². The van der Waals surface area contributed by atoms with Crippen molar-refractivity contribution in [3.63, 3.8) is 0 Å². The number of nitrogens with zero attached hydrogens (tertiary/aromatic N) is 3. The minimum atomic E-state index is -3.68. The Morgan fingerprint density at radius 1 is 1.05 bits per heavy atom. The van der Waals surface area contributed by atoms with Crippen molar-refractivity contribution in [1.82, 2.24) is 19.4 Å². The average Bonchev–Trinajstić information content (AvgIpc) is 3.63. The highest BCUT2D eigenvalue weighted by Gasteiger charge is 2.34. The molecule has 1 aliphatic rings. The third-order valence-corrected chi connectivity index (χ3v) is 9.69. The van der Waals surface area contributed by atoms with Gasteiger partial charge in [-0.05, 0) is 54.6 Å². The smallest absolute Gasteiger partial charge is 0.338 e. The summed E-state index contributed by atoms with van der Waals surface area (Å²) in [6.45, 7) is 2.79. The SMILES string of the molecule is CCOC(=O)c1ccc(CCNC(=O)c2c3c(nn2-c2ccccc2)CCN(S(=O)(=O)c2cccs2)C3)cc1. The molecule has 39 heavy (non-hydrogen) atoms. The normalized spacial score (nSPS) is 13.6. The first-order chi connectivity index (χ1) is 18.9. The Morgan fingerprint density at radius 3 is 2.51 bits per heavy atom. The minimum absolute atomic E-state index is 0.0699. The Morgan fingerprint density at radius 2 is 1.82 bits per heavy atom. The van der Waals surface area contributed by atoms with Gasteiger partial charge in [0.15, 0.2) is 0 Å². The lowest BCUT2D eigenvalue weighted by molar-refractivity contribution is 0.0526. The molecular weight excluding hydrogens is 536 g/mol. The first-order valence-corrected chi connectivity index (χ1v) is 14.9. The van der Waals surface area contributed by atoms with E-state index in [0.717, 1.165) is 16.9 Å². The van der Waals surface area contributed by atoms with Gasteiger partial charge in [0, 0.05) is 31.6 Å². The van der Waals surface area contributed by atoms with E-state index in [0.29, 0.717) is 49.4 Å². The summed E-state index contributed by atoms with van der Waals surface area (Å²) in [6.07, 6.45) is 0.961. The van der Waals surface area contributed by atoms with Crippen LogP contribution in [0.2, 0.25) is 0 Å². The molecular formula is C28H28N4O5S2. The molecule has 1 amide bonds. The maximum absolute atomic E-state index is 13.6. The van der Waals surface area contributed by atoms with Crippen molar-refractivity contribution in [3.05, 3.63) is 100 Å². The largest absolute Gasteiger partial charge is 0.462 e. The molecule has 9 nitrogen and oxygen atoms in total. The summed E-state index contributed by atoms with van der Waals surface area (Å²) in [7, 11) is -3.68. The number of carbonyl (C=O) groups excluding carboxylic acids is 2. The first-order valence-electron chi connectivity index (χ1n) is 12.6. The van der Waals surface area contributed by atoms with Crippen LogP contribution >= 0.6 is 11.3 Å². The second kappa shape index (κ2) is 11.5. The van der Waals surface area contributed by atoms with E-state index in [9.17, 15) is 18.0 Å². The number of hydrogen-bond acceptors (Lipinski definition) is 7. The molecule has 4 aromatic rings. The molecule has 0 atom stereocenters. The number of ether oxygens (including phenoxy) is 1. The highest BCUT2D eigenvalue weighted by Crippen LogP contribution is 2.30. The zero-order valence-corrected chi connectivity index (χ0v) is 23.0. The van der Waals surface area contributed by atoms with Crippen molar-refractivity contribution in [2.45, 2.75) is 30.5 Å². The molecule has 202 valence electrons. The Balaban J connectivity index is 1.37. The molecule has 0 radical (unpaired) electrons. The number of sulfonamides is 1. The third kappa shape index (κ3) is 5.65. The van der Waals surface area contributed by atoms with E-state index in [2.05, 4.69) is 5.32 Å². The van der Waals surface area contributed by atoms with Gasteiger partial charge in [0.25, 0.3) is 15.9 Å². The maximum Gasteiger partial charge on any atom is 0.338 e. The second-order valence-corrected chi connectivity index (χ2v) is 12.1. The third-order valence-electron chi connectivity index (χ3n) is 6.47. The van der Waals surface area contributed by atoms with Gasteiger partial charge >= 0.3 is 5.97 Å². The quantitative estimate of drug-likeness (QED) is 0.310. The molecule has 2 aromatic carbocycles. The van der Waals surface area contributed by atoms with Crippen LogP contribution in [0.5, 0.6) is 0 Å². The molecule has 2 aromatic heterocycles. The summed E-state index contributed by atoms with van der Waals surface area (Å²) in [6, 6.07) is 19.7. The molecule has 0 fully saturated rings. The number of fused-ring (bicyclic) bond motifs is 1. The van der Waals surface area contributed by atoms with Gasteiger partial charge in [0.05, 0.1) is 23.6 Å². The lowest BCUT2D eigenvalue weighted by atomic mass is 10.1. The van der Waals surface area contributed by atoms with Gasteiger partial charge in [0.2, 0.25) is 0 Å². The van der Waals surface area contributed by atoms with Crippen LogP contribution in [-0.4, -0.2) is 54.1 Å². The Hall–Kier alpha value is -3.80. The molecule has 11 heteroatoms. The number of amides is 1. The first kappa shape index (κ1) is 26.8. The molecule has 0 bridgehead atoms. The number of benzene rings is 2. The Labute approximate surface area is 231 Å². The lowest BCUT2D eigenvalue weighted by Gasteiger charge is -2.25. The van der Waals surface area contributed by atoms with Crippen molar-refractivity contribution in [2.24, 2.45) is 0 Å². The van der Waals surface area contributed by atoms with Gasteiger partial charge < -0.3 is 10.1 Å². The van der Waals surface area contributed by atoms with Gasteiger partial charge in [0.1, 0.15) is 9.90 Å². The summed E-state index contributed by atoms with van der Waals surface area (Å²) in [5, 5.41) is 9.43. The van der Waals surface area contributed by atoms with E-state index in [1.54, 1.807) is 41.3 Å². The van der Waals surface area contributed by atoms with Crippen LogP contribution in [0.15, 0.2) is 76.3 Å². The van der Waals surface area contributed by atoms with E-state index in [4.69, 9.17) is 9.84 Å². The van der Waals surface area contributed by atoms with E-state index < -0.39 is 10.0 Å². The molecule has 5 rings (SSSR count). The Bertz CT molecular complexity index is 1560. The molecule has 3 heterocycles. The maximum atomic E-state index is 13.6. The molecule has 0 aliphatic carbocycles. The summed E-state index contributed by atoms with van der Waals surface area (Å²) in [4.78, 5) is 25.4. The van der Waals surface area contributed by atoms with Gasteiger partial charge in [-0.1, -0.05) is 36.4 Å². The fourth-order valence-electron chi connectivity index (χ4n) is 4.51. The van der Waals surface area contributed by atoms with Crippen molar-refractivity contribution in [1.29, 1.82) is 0 Å². The predicted molar refractivity (Wildman–Crippen MR) is 148 cm³/mol. The fourth-order valence-corrected chi connectivity index (χ4v) is 7.06. The van der Waals surface area contributed by atoms with Crippen molar-refractivity contribution in [3.8, 4) is 5.69 Å². The molecule has 0 unspecified atom stereocenters. The number of rotatable bonds is 9. The molecule has 1 aliphatic heterocycles. The van der Waals surface area contributed by atoms with Crippen LogP contribution in [0, 0.1) is 0 Å². The molecule has 0 spiro atoms. The average molecular weight is 565 g/mol. The van der Waals surface area contributed by atoms with E-state index in [-0.39, 0.29) is 22.6 Å². The number of carbonyl (C=O) groups is 2. The molecule has 0 saturated carbocycles. The number of para-hydroxylation sites is 1. The number of hydrogen-bond donors (Lipinski definition) is 1. The summed E-state index contributed by atoms with van der Waals surface area (Å²) >= 11 is 1.18. The molecule has 0 saturated heterocycles. The lowest BCUT2D eigenvalue weighted by Crippen LogP contribution is -2.37. The summed E-state index contributed by atoms with van der Waals surface area (Å²) in [5.74, 6) is -0.697. The zero-order valence-electron chi connectivity index (χ0n) is 21.4. The van der Waals surface area contributed by atoms with Gasteiger partial charge in [-0.25, -0.2) is 17.9 Å². The second-order valence-electron chi connectivity index (χ2n) is 8.97. The van der Waals surface area contributed by atoms with Gasteiger partial charge in [-0.2, -0.15) is 9.40 Å². The van der Waals surface area contributed by atoms with Crippen LogP contribution in [-0.2, 0) is 34.1 Å². The summed E-state index contributed by atoms with van der Waals surface area (Å²) < 4.78 is 34.8. The minimum Gasteiger partial charge on any atom is -0.462 e. The predicted octanol–water partition coefficient (Wildman–Crippen LogP) is 3.83. The van der Waals surface area contributed by atoms with E-state index in [1.165, 1.54) is 15.6 Å². The van der Waals surface area contributed by atoms with Crippen LogP contribution < -0.4 is 5.32 Å². The number of aromatic nitrogens is 2. The topological polar surface area (TPSA) is 111 Å². The van der Waals surface area contributed by atoms with Crippen LogP contribution in [0.3, 0.4) is 0 Å². The molecule has 1 N–H and O–H groups in total. The van der Waals surface area contributed by atoms with Crippen molar-refractivity contribution in [2.75, 3.05) is 19.7 Å². The van der Waals surface area contributed by atoms with Gasteiger partial charge in [-0.15, -0.1) is 11.3 Å². The zero-order chi connectivity index (χ0) is 27.4. The van der Waals surface area contributed by atoms with Crippen molar-refractivity contribution >= 4 is 33.2 Å². The van der Waals surface area contributed by atoms with E-state index in [1.807, 2.05) is 42.5 Å². The summed E-state index contributed by atoms with van der Waals surface area (Å²) in [5.41, 5.74) is 3.82. The Kier molecular flexibility index (Phi) is 7.92. The monoisotopic (exact) mass is 564 g/mol. The van der Waals surface area contributed by atoms with E-state index >= 15 is 0 Å². The number of nitrogens with one attached hydrogen (secondary N) is 1. The van der Waals surface area contributed by atoms with Crippen LogP contribution in [0.4, 0.5) is 0 Å². The van der Waals surface area contributed by atoms with Crippen molar-refractivity contribution < 1.29 is 22.7 Å². The number of thiophene rings is 1. The highest BCUT2D eigenvalue weighted by molar-refractivity contribution is 7.91. The fraction of sp³-hybridized carbons (Fsp3) is 0.250. The number of esters is 1. The van der Waals surface area contributed by atoms with Gasteiger partial charge in [-0.3, -0.25) is 4.79 Å². The standard InChI is InChI=1S/C28H28N4O5S2/c1-2-37-28(34)21-12-10-20(11-13-21)14-16-29-27(33)26-23-19-31(39(35,36)25-9-6-18-38-25)17-15-24(23)30-32(26)22-7-4-3-5-8-22/h3-13,18H,2,14-17,19H2,1H3,(H,29,33).